The standard InChI is InChI=1S/C40H32F20N/c1-4-7-12-61(13-8-5-2,14-9-6-3)15(16-20(41)28(49)36(57)29(50)21(16)42)10-11-40(17-22(43)30(51)37(58)31(52)23(17)44,18-24(45)32(53)38(59)33(54)25(18)46)19-26(47)34(55)39(60)35(56)27(19)48/h15H,4-14H2,1-3H3/q+1. The molecule has 0 bridgehead atoms. The summed E-state index contributed by atoms with van der Waals surface area (Å²) in [4.78, 5) is 0. The van der Waals surface area contributed by atoms with Crippen LogP contribution in [0, 0.1) is 116 Å². The van der Waals surface area contributed by atoms with Gasteiger partial charge in [0.15, 0.2) is 93.1 Å². The zero-order chi connectivity index (χ0) is 46.2. The van der Waals surface area contributed by atoms with Crippen molar-refractivity contribution >= 4 is 0 Å². The molecule has 1 nitrogen and oxygen atoms in total. The molecule has 0 fully saturated rings. The van der Waals surface area contributed by atoms with Crippen molar-refractivity contribution in [3.63, 3.8) is 0 Å². The van der Waals surface area contributed by atoms with E-state index in [4.69, 9.17) is 0 Å². The highest BCUT2D eigenvalue weighted by atomic mass is 19.2. The van der Waals surface area contributed by atoms with E-state index in [2.05, 4.69) is 0 Å². The number of nitrogens with zero attached hydrogens (tertiary/aromatic N) is 1. The molecule has 0 saturated heterocycles. The molecule has 0 heterocycles. The second-order valence-corrected chi connectivity index (χ2v) is 14.2. The van der Waals surface area contributed by atoms with Gasteiger partial charge in [-0.3, -0.25) is 0 Å². The molecule has 4 aromatic rings. The molecule has 4 rings (SSSR count). The van der Waals surface area contributed by atoms with E-state index in [1.165, 1.54) is 0 Å². The summed E-state index contributed by atoms with van der Waals surface area (Å²) in [7, 11) is 0. The minimum Gasteiger partial charge on any atom is -0.317 e. The molecule has 0 aromatic heterocycles. The monoisotopic (exact) mass is 906 g/mol. The highest BCUT2D eigenvalue weighted by Crippen LogP contribution is 2.54. The lowest BCUT2D eigenvalue weighted by Crippen LogP contribution is -2.54. The smallest absolute Gasteiger partial charge is 0.200 e. The van der Waals surface area contributed by atoms with Crippen LogP contribution < -0.4 is 0 Å². The van der Waals surface area contributed by atoms with Crippen molar-refractivity contribution in [1.82, 2.24) is 0 Å². The SMILES string of the molecule is CCCC[N+](CCCC)(CCCC)C(CCC(c1c(F)c(F)c(F)c(F)c1F)(c1c(F)c(F)c(F)c(F)c1F)c1c(F)c(F)c(F)c(F)c1F)c1c(F)c(F)c(F)c(F)c1F. The number of unbranched alkanes of at least 4 members (excludes halogenated alkanes) is 3. The van der Waals surface area contributed by atoms with Crippen molar-refractivity contribution in [1.29, 1.82) is 0 Å². The van der Waals surface area contributed by atoms with Crippen LogP contribution in [0.25, 0.3) is 0 Å². The van der Waals surface area contributed by atoms with E-state index in [1.54, 1.807) is 20.8 Å². The van der Waals surface area contributed by atoms with Gasteiger partial charge in [-0.25, -0.2) is 87.8 Å². The number of quaternary nitrogens is 1. The van der Waals surface area contributed by atoms with Crippen LogP contribution in [0.2, 0.25) is 0 Å². The van der Waals surface area contributed by atoms with Gasteiger partial charge in [0.25, 0.3) is 0 Å². The highest BCUT2D eigenvalue weighted by Gasteiger charge is 2.55. The molecule has 336 valence electrons. The highest BCUT2D eigenvalue weighted by molar-refractivity contribution is 5.55. The molecular weight excluding hydrogens is 874 g/mol. The Bertz CT molecular complexity index is 2020. The normalized spacial score (nSPS) is 12.8. The quantitative estimate of drug-likeness (QED) is 0.0326. The summed E-state index contributed by atoms with van der Waals surface area (Å²) < 4.78 is 308. The van der Waals surface area contributed by atoms with E-state index in [1.807, 2.05) is 0 Å². The molecule has 61 heavy (non-hydrogen) atoms. The topological polar surface area (TPSA) is 0 Å². The molecular formula is C40H32F20N+. The molecule has 0 aliphatic carbocycles. The van der Waals surface area contributed by atoms with Crippen molar-refractivity contribution in [2.24, 2.45) is 0 Å². The fourth-order valence-corrected chi connectivity index (χ4v) is 7.87. The van der Waals surface area contributed by atoms with Crippen molar-refractivity contribution in [3.05, 3.63) is 139 Å². The van der Waals surface area contributed by atoms with Crippen LogP contribution in [-0.4, -0.2) is 24.1 Å². The zero-order valence-electron chi connectivity index (χ0n) is 31.9. The van der Waals surface area contributed by atoms with Crippen LogP contribution in [-0.2, 0) is 5.41 Å². The number of halogens is 20. The van der Waals surface area contributed by atoms with Gasteiger partial charge in [-0.1, -0.05) is 40.0 Å². The molecule has 0 spiro atoms. The molecule has 0 aliphatic heterocycles. The average molecular weight is 907 g/mol. The maximum Gasteiger partial charge on any atom is 0.200 e. The Balaban J connectivity index is 2.44. The molecule has 1 atom stereocenters. The van der Waals surface area contributed by atoms with E-state index in [0.29, 0.717) is 0 Å². The molecule has 4 aromatic carbocycles. The van der Waals surface area contributed by atoms with Gasteiger partial charge in [-0.2, -0.15) is 0 Å². The van der Waals surface area contributed by atoms with Crippen molar-refractivity contribution in [3.8, 4) is 0 Å². The molecule has 0 amide bonds. The number of hydrogen-bond acceptors (Lipinski definition) is 0. The van der Waals surface area contributed by atoms with Gasteiger partial charge < -0.3 is 4.48 Å². The van der Waals surface area contributed by atoms with Crippen LogP contribution >= 0.6 is 0 Å². The summed E-state index contributed by atoms with van der Waals surface area (Å²) in [6, 6.07) is -2.53. The molecule has 0 saturated carbocycles. The first-order valence-corrected chi connectivity index (χ1v) is 18.4. The Labute approximate surface area is 334 Å². The summed E-state index contributed by atoms with van der Waals surface area (Å²) in [5.41, 5.74) is -16.0. The lowest BCUT2D eigenvalue weighted by molar-refractivity contribution is -0.958. The molecule has 21 heteroatoms. The Morgan fingerprint density at radius 1 is 0.328 bits per heavy atom. The van der Waals surface area contributed by atoms with E-state index in [0.717, 1.165) is 0 Å². The number of rotatable bonds is 17. The summed E-state index contributed by atoms with van der Waals surface area (Å²) >= 11 is 0. The van der Waals surface area contributed by atoms with Crippen LogP contribution in [0.1, 0.15) is 100 Å². The first kappa shape index (κ1) is 49.1. The first-order chi connectivity index (χ1) is 28.5. The van der Waals surface area contributed by atoms with Gasteiger partial charge in [0.05, 0.1) is 30.6 Å². The lowest BCUT2D eigenvalue weighted by Gasteiger charge is -2.47. The molecule has 1 unspecified atom stereocenters. The largest absolute Gasteiger partial charge is 0.317 e. The van der Waals surface area contributed by atoms with E-state index >= 15 is 70.2 Å². The van der Waals surface area contributed by atoms with Crippen LogP contribution in [0.4, 0.5) is 87.8 Å². The summed E-state index contributed by atoms with van der Waals surface area (Å²) in [5.74, 6) is -62.4. The first-order valence-electron chi connectivity index (χ1n) is 18.4. The Morgan fingerprint density at radius 2 is 0.541 bits per heavy atom. The summed E-state index contributed by atoms with van der Waals surface area (Å²) in [6.45, 7) is 3.51. The van der Waals surface area contributed by atoms with E-state index < -0.39 is 167 Å². The third-order valence-electron chi connectivity index (χ3n) is 10.8. The predicted octanol–water partition coefficient (Wildman–Crippen LogP) is 13.5. The lowest BCUT2D eigenvalue weighted by atomic mass is 9.64. The average Bonchev–Trinajstić information content (AvgIpc) is 3.24. The maximum absolute atomic E-state index is 16.2. The maximum atomic E-state index is 16.2. The van der Waals surface area contributed by atoms with Gasteiger partial charge in [-0.05, 0) is 25.7 Å². The minimum absolute atomic E-state index is 0.0165. The van der Waals surface area contributed by atoms with E-state index in [9.17, 15) is 17.6 Å². The Kier molecular flexibility index (Phi) is 15.1. The zero-order valence-corrected chi connectivity index (χ0v) is 31.9. The summed E-state index contributed by atoms with van der Waals surface area (Å²) in [6.07, 6.45) is -3.74. The second kappa shape index (κ2) is 18.8. The second-order valence-electron chi connectivity index (χ2n) is 14.2. The van der Waals surface area contributed by atoms with E-state index in [-0.39, 0.29) is 58.2 Å². The third kappa shape index (κ3) is 8.03. The third-order valence-corrected chi connectivity index (χ3v) is 10.8. The van der Waals surface area contributed by atoms with Gasteiger partial charge in [0.1, 0.15) is 6.04 Å². The van der Waals surface area contributed by atoms with Gasteiger partial charge in [-0.15, -0.1) is 0 Å². The fourth-order valence-electron chi connectivity index (χ4n) is 7.87. The van der Waals surface area contributed by atoms with Crippen LogP contribution in [0.5, 0.6) is 0 Å². The van der Waals surface area contributed by atoms with Gasteiger partial charge in [0, 0.05) is 23.1 Å². The summed E-state index contributed by atoms with van der Waals surface area (Å²) in [5, 5.41) is 0. The van der Waals surface area contributed by atoms with Crippen LogP contribution in [0.15, 0.2) is 0 Å². The van der Waals surface area contributed by atoms with Crippen LogP contribution in [0.3, 0.4) is 0 Å². The molecule has 0 radical (unpaired) electrons. The number of benzene rings is 4. The Morgan fingerprint density at radius 3 is 0.770 bits per heavy atom. The van der Waals surface area contributed by atoms with Crippen molar-refractivity contribution in [2.75, 3.05) is 19.6 Å². The predicted molar refractivity (Wildman–Crippen MR) is 176 cm³/mol. The van der Waals surface area contributed by atoms with Gasteiger partial charge >= 0.3 is 0 Å². The molecule has 0 N–H and O–H groups in total. The fraction of sp³-hybridized carbons (Fsp3) is 0.400. The van der Waals surface area contributed by atoms with Gasteiger partial charge in [0.2, 0.25) is 23.3 Å². The Hall–Kier alpha value is -4.56. The van der Waals surface area contributed by atoms with Crippen molar-refractivity contribution < 1.29 is 92.3 Å². The molecule has 0 aliphatic rings. The van der Waals surface area contributed by atoms with Crippen molar-refractivity contribution in [2.45, 2.75) is 83.6 Å². The minimum atomic E-state index is -5.07. The number of hydrogen-bond donors (Lipinski definition) is 0.